The normalized spacial score (nSPS) is 23.4. The fraction of sp³-hybridized carbons (Fsp3) is 0.714. The molecule has 1 aliphatic heterocycles. The van der Waals surface area contributed by atoms with Crippen molar-refractivity contribution in [1.29, 1.82) is 0 Å². The van der Waals surface area contributed by atoms with Crippen LogP contribution in [-0.2, 0) is 54.4 Å². The first-order valence-electron chi connectivity index (χ1n) is 29.1. The Balaban J connectivity index is 2.74. The van der Waals surface area contributed by atoms with Gasteiger partial charge in [0.1, 0.15) is 42.3 Å². The molecule has 1 aliphatic rings. The van der Waals surface area contributed by atoms with Crippen molar-refractivity contribution in [1.82, 2.24) is 47.9 Å². The van der Waals surface area contributed by atoms with E-state index < -0.39 is 126 Å². The molecule has 0 aliphatic carbocycles. The first-order valence-corrected chi connectivity index (χ1v) is 29.1. The summed E-state index contributed by atoms with van der Waals surface area (Å²) in [5, 5.41) is 34.9. The molecular weight excluding hydrogens is 1040 g/mol. The molecule has 2 rings (SSSR count). The van der Waals surface area contributed by atoms with Crippen molar-refractivity contribution >= 4 is 58.9 Å². The maximum Gasteiger partial charge on any atom is 0.243 e. The molecule has 25 nitrogen and oxygen atoms in total. The van der Waals surface area contributed by atoms with Crippen LogP contribution in [0.1, 0.15) is 143 Å². The van der Waals surface area contributed by atoms with E-state index in [1.54, 1.807) is 30.3 Å². The molecule has 1 saturated heterocycles. The molecule has 9 amide bonds. The SMILES string of the molecule is CCCCCCC[C@@H](O)CC(=O)N[C@H](CCN)C(=O)C[C@H]1CCNC(=O)[C@H](CC(C)C)NC(=O)[C@H](CCN)NC(=O)[C@H](CCN)NC(=O)[C@H](CC(C)C)NC(=O)[C@@H](Cc2ccccc2)NC(=O)[C@H](CCN)NC(=O)[C@@H](CCN)NC1=O. The molecule has 25 heteroatoms. The number of hydrogen-bond donors (Lipinski definition) is 15. The number of Topliss-reactive ketones (excluding diaryl/α,β-unsaturated/α-hetero) is 1. The molecular formula is C56H98N14O11. The number of carbonyl (C=O) groups is 10. The van der Waals surface area contributed by atoms with Crippen molar-refractivity contribution in [2.45, 2.75) is 198 Å². The molecule has 0 aromatic heterocycles. The fourth-order valence-electron chi connectivity index (χ4n) is 9.37. The van der Waals surface area contributed by atoms with Gasteiger partial charge in [-0.05, 0) is 108 Å². The van der Waals surface area contributed by atoms with Gasteiger partial charge in [-0.15, -0.1) is 0 Å². The Bertz CT molecular complexity index is 2140. The van der Waals surface area contributed by atoms with E-state index in [4.69, 9.17) is 28.7 Å². The van der Waals surface area contributed by atoms with E-state index in [1.165, 1.54) is 0 Å². The van der Waals surface area contributed by atoms with Crippen molar-refractivity contribution < 1.29 is 53.1 Å². The minimum Gasteiger partial charge on any atom is -0.393 e. The van der Waals surface area contributed by atoms with Crippen LogP contribution in [0.3, 0.4) is 0 Å². The highest BCUT2D eigenvalue weighted by Crippen LogP contribution is 2.17. The van der Waals surface area contributed by atoms with Crippen molar-refractivity contribution in [3.8, 4) is 0 Å². The Morgan fingerprint density at radius 3 is 1.42 bits per heavy atom. The topological polar surface area (TPSA) is 429 Å². The van der Waals surface area contributed by atoms with Gasteiger partial charge in [0, 0.05) is 25.3 Å². The van der Waals surface area contributed by atoms with Gasteiger partial charge < -0.3 is 81.6 Å². The number of aliphatic hydroxyl groups excluding tert-OH is 1. The molecule has 0 radical (unpaired) electrons. The van der Waals surface area contributed by atoms with Crippen molar-refractivity contribution in [2.75, 3.05) is 39.3 Å². The van der Waals surface area contributed by atoms with Crippen LogP contribution in [0.5, 0.6) is 0 Å². The third-order valence-corrected chi connectivity index (χ3v) is 13.8. The molecule has 1 aromatic carbocycles. The van der Waals surface area contributed by atoms with Gasteiger partial charge in [0.25, 0.3) is 0 Å². The molecule has 0 spiro atoms. The Kier molecular flexibility index (Phi) is 34.5. The second-order valence-corrected chi connectivity index (χ2v) is 21.9. The summed E-state index contributed by atoms with van der Waals surface area (Å²) in [4.78, 5) is 141. The first-order chi connectivity index (χ1) is 38.6. The maximum absolute atomic E-state index is 14.5. The summed E-state index contributed by atoms with van der Waals surface area (Å²) in [7, 11) is 0. The minimum absolute atomic E-state index is 0.0115. The highest BCUT2D eigenvalue weighted by atomic mass is 16.3. The lowest BCUT2D eigenvalue weighted by atomic mass is 9.92. The summed E-state index contributed by atoms with van der Waals surface area (Å²) >= 11 is 0. The third-order valence-electron chi connectivity index (χ3n) is 13.8. The highest BCUT2D eigenvalue weighted by Gasteiger charge is 2.36. The molecule has 1 heterocycles. The van der Waals surface area contributed by atoms with Gasteiger partial charge in [-0.2, -0.15) is 0 Å². The van der Waals surface area contributed by atoms with Gasteiger partial charge in [0.2, 0.25) is 53.2 Å². The summed E-state index contributed by atoms with van der Waals surface area (Å²) in [6.07, 6.45) is 2.89. The number of benzene rings is 1. The minimum atomic E-state index is -1.39. The monoisotopic (exact) mass is 1140 g/mol. The summed E-state index contributed by atoms with van der Waals surface area (Å²) in [6.45, 7) is 8.72. The molecule has 0 saturated carbocycles. The predicted octanol–water partition coefficient (Wildman–Crippen LogP) is -1.85. The van der Waals surface area contributed by atoms with Crippen LogP contribution >= 0.6 is 0 Å². The standard InChI is InChI=1S/C56H98N14O11/c1-6-7-8-9-13-16-38(71)33-48(73)63-39(17-23-57)47(72)32-37-22-28-62-50(75)44(29-34(2)3)68-53(78)42(20-26-60)66-52(77)41(19-25-59)67-55(80)45(30-35(4)5)69-56(81)46(31-36-14-11-10-12-15-36)70-54(79)43(21-27-61)65-51(76)40(18-24-58)64-49(37)74/h10-12,14-15,34-35,37-46,71H,6-9,13,16-33,57-61H2,1-5H3,(H,62,75)(H,63,73)(H,64,74)(H,65,76)(H,66,77)(H,67,80)(H,68,78)(H,69,81)(H,70,79)/t37-,38-,39-,40-,41+,42+,43+,44+,45+,46-/m1/s1. The largest absolute Gasteiger partial charge is 0.393 e. The lowest BCUT2D eigenvalue weighted by molar-refractivity contribution is -0.136. The molecule has 20 N–H and O–H groups in total. The van der Waals surface area contributed by atoms with E-state index in [0.29, 0.717) is 12.0 Å². The van der Waals surface area contributed by atoms with Gasteiger partial charge in [0.15, 0.2) is 5.78 Å². The number of nitrogens with one attached hydrogen (secondary N) is 9. The number of carbonyl (C=O) groups excluding carboxylic acids is 10. The predicted molar refractivity (Wildman–Crippen MR) is 308 cm³/mol. The lowest BCUT2D eigenvalue weighted by Crippen LogP contribution is -2.61. The average Bonchev–Trinajstić information content (AvgIpc) is 3.41. The number of amides is 9. The molecule has 458 valence electrons. The molecule has 0 bridgehead atoms. The van der Waals surface area contributed by atoms with Gasteiger partial charge >= 0.3 is 0 Å². The van der Waals surface area contributed by atoms with Gasteiger partial charge in [0.05, 0.1) is 18.6 Å². The Labute approximate surface area is 478 Å². The maximum atomic E-state index is 14.5. The second kappa shape index (κ2) is 39.3. The quantitative estimate of drug-likeness (QED) is 0.0410. The van der Waals surface area contributed by atoms with Crippen LogP contribution in [0, 0.1) is 17.8 Å². The van der Waals surface area contributed by atoms with Gasteiger partial charge in [-0.3, -0.25) is 47.9 Å². The molecule has 1 fully saturated rings. The Hall–Kier alpha value is -6.12. The van der Waals surface area contributed by atoms with Gasteiger partial charge in [-0.25, -0.2) is 0 Å². The van der Waals surface area contributed by atoms with Crippen molar-refractivity contribution in [2.24, 2.45) is 46.4 Å². The number of ketones is 1. The summed E-state index contributed by atoms with van der Waals surface area (Å²) in [5.41, 5.74) is 30.3. The summed E-state index contributed by atoms with van der Waals surface area (Å²) in [5.74, 6) is -9.03. The van der Waals surface area contributed by atoms with Crippen LogP contribution in [0.25, 0.3) is 0 Å². The Morgan fingerprint density at radius 2 is 0.963 bits per heavy atom. The smallest absolute Gasteiger partial charge is 0.243 e. The number of unbranched alkanes of at least 4 members (excludes halogenated alkanes) is 4. The number of hydrogen-bond acceptors (Lipinski definition) is 16. The van der Waals surface area contributed by atoms with Crippen LogP contribution in [0.4, 0.5) is 0 Å². The van der Waals surface area contributed by atoms with Crippen LogP contribution < -0.4 is 76.5 Å². The van der Waals surface area contributed by atoms with E-state index in [-0.39, 0.29) is 115 Å². The van der Waals surface area contributed by atoms with Crippen LogP contribution in [0.15, 0.2) is 30.3 Å². The number of nitrogens with two attached hydrogens (primary N) is 5. The molecule has 81 heavy (non-hydrogen) atoms. The van der Waals surface area contributed by atoms with Crippen LogP contribution in [-0.4, -0.2) is 158 Å². The number of aliphatic hydroxyl groups is 1. The van der Waals surface area contributed by atoms with E-state index in [0.717, 1.165) is 32.1 Å². The first kappa shape index (κ1) is 71.0. The Morgan fingerprint density at radius 1 is 0.543 bits per heavy atom. The fourth-order valence-corrected chi connectivity index (χ4v) is 9.37. The van der Waals surface area contributed by atoms with Crippen molar-refractivity contribution in [3.05, 3.63) is 35.9 Å². The number of rotatable bonds is 28. The van der Waals surface area contributed by atoms with Crippen LogP contribution in [0.2, 0.25) is 0 Å². The summed E-state index contributed by atoms with van der Waals surface area (Å²) < 4.78 is 0. The highest BCUT2D eigenvalue weighted by molar-refractivity contribution is 5.98. The molecule has 10 atom stereocenters. The van der Waals surface area contributed by atoms with Crippen molar-refractivity contribution in [3.63, 3.8) is 0 Å². The summed E-state index contributed by atoms with van der Waals surface area (Å²) in [6, 6.07) is -1.59. The second-order valence-electron chi connectivity index (χ2n) is 21.9. The third kappa shape index (κ3) is 27.5. The van der Waals surface area contributed by atoms with Gasteiger partial charge in [-0.1, -0.05) is 97.1 Å². The van der Waals surface area contributed by atoms with E-state index in [2.05, 4.69) is 54.8 Å². The average molecular weight is 1140 g/mol. The lowest BCUT2D eigenvalue weighted by Gasteiger charge is -2.29. The zero-order valence-corrected chi connectivity index (χ0v) is 48.5. The van der Waals surface area contributed by atoms with E-state index in [1.807, 2.05) is 27.7 Å². The zero-order valence-electron chi connectivity index (χ0n) is 48.5. The van der Waals surface area contributed by atoms with E-state index >= 15 is 0 Å². The zero-order chi connectivity index (χ0) is 60.4. The van der Waals surface area contributed by atoms with E-state index in [9.17, 15) is 53.1 Å². The molecule has 1 aromatic rings. The molecule has 0 unspecified atom stereocenters.